The molecule has 0 fully saturated rings. The Morgan fingerprint density at radius 1 is 1.58 bits per heavy atom. The van der Waals surface area contributed by atoms with Gasteiger partial charge >= 0.3 is 0 Å². The molecule has 1 aromatic heterocycles. The van der Waals surface area contributed by atoms with Crippen molar-refractivity contribution in [3.05, 3.63) is 50.0 Å². The summed E-state index contributed by atoms with van der Waals surface area (Å²) < 4.78 is 0. The number of hydrogen-bond acceptors (Lipinski definition) is 6. The lowest BCUT2D eigenvalue weighted by atomic mass is 10.2. The minimum absolute atomic E-state index is 0.0466. The first-order valence-corrected chi connectivity index (χ1v) is 6.25. The second kappa shape index (κ2) is 5.46. The predicted molar refractivity (Wildman–Crippen MR) is 72.0 cm³/mol. The molecule has 0 aliphatic heterocycles. The van der Waals surface area contributed by atoms with Gasteiger partial charge in [0.2, 0.25) is 0 Å². The number of nitrogens with one attached hydrogen (secondary N) is 1. The minimum atomic E-state index is -0.563. The Balaban J connectivity index is 2.14. The monoisotopic (exact) mass is 274 g/mol. The predicted octanol–water partition coefficient (Wildman–Crippen LogP) is 2.84. The number of nitro benzene ring substituents is 1. The lowest BCUT2D eigenvalue weighted by Gasteiger charge is -2.04. The van der Waals surface area contributed by atoms with Gasteiger partial charge in [-0.3, -0.25) is 10.1 Å². The Bertz CT molecular complexity index is 660. The van der Waals surface area contributed by atoms with Gasteiger partial charge in [-0.1, -0.05) is 0 Å². The van der Waals surface area contributed by atoms with Gasteiger partial charge in [-0.25, -0.2) is 4.98 Å². The summed E-state index contributed by atoms with van der Waals surface area (Å²) in [5, 5.41) is 23.6. The van der Waals surface area contributed by atoms with E-state index in [9.17, 15) is 10.1 Å². The van der Waals surface area contributed by atoms with Crippen LogP contribution in [-0.4, -0.2) is 9.91 Å². The molecule has 2 rings (SSSR count). The SMILES string of the molecule is Cc1cnc(CNc2ccc([N+](=O)[O-])c(C#N)c2)s1. The highest BCUT2D eigenvalue weighted by molar-refractivity contribution is 7.11. The van der Waals surface area contributed by atoms with E-state index >= 15 is 0 Å². The average molecular weight is 274 g/mol. The first-order valence-electron chi connectivity index (χ1n) is 5.44. The summed E-state index contributed by atoms with van der Waals surface area (Å²) in [6.07, 6.45) is 1.79. The van der Waals surface area contributed by atoms with Crippen molar-refractivity contribution in [3.8, 4) is 6.07 Å². The van der Waals surface area contributed by atoms with E-state index in [4.69, 9.17) is 5.26 Å². The summed E-state index contributed by atoms with van der Waals surface area (Å²) in [7, 11) is 0. The van der Waals surface area contributed by atoms with E-state index in [0.717, 1.165) is 9.88 Å². The third kappa shape index (κ3) is 3.05. The molecule has 96 valence electrons. The molecule has 19 heavy (non-hydrogen) atoms. The van der Waals surface area contributed by atoms with Crippen LogP contribution in [0.1, 0.15) is 15.4 Å². The average Bonchev–Trinajstić information content (AvgIpc) is 2.81. The zero-order valence-electron chi connectivity index (χ0n) is 10.1. The van der Waals surface area contributed by atoms with Crippen molar-refractivity contribution in [2.24, 2.45) is 0 Å². The van der Waals surface area contributed by atoms with Crippen LogP contribution in [-0.2, 0) is 6.54 Å². The zero-order valence-corrected chi connectivity index (χ0v) is 10.9. The second-order valence-corrected chi connectivity index (χ2v) is 5.14. The van der Waals surface area contributed by atoms with E-state index < -0.39 is 4.92 Å². The van der Waals surface area contributed by atoms with Gasteiger partial charge in [0.1, 0.15) is 16.6 Å². The van der Waals surface area contributed by atoms with Gasteiger partial charge in [0, 0.05) is 22.8 Å². The van der Waals surface area contributed by atoms with Crippen LogP contribution in [0.5, 0.6) is 0 Å². The largest absolute Gasteiger partial charge is 0.378 e. The van der Waals surface area contributed by atoms with Crippen molar-refractivity contribution in [2.45, 2.75) is 13.5 Å². The molecule has 0 aliphatic carbocycles. The van der Waals surface area contributed by atoms with E-state index in [-0.39, 0.29) is 11.3 Å². The Labute approximate surface area is 113 Å². The Morgan fingerprint density at radius 2 is 2.37 bits per heavy atom. The maximum absolute atomic E-state index is 10.7. The second-order valence-electron chi connectivity index (χ2n) is 3.82. The van der Waals surface area contributed by atoms with Gasteiger partial charge in [0.25, 0.3) is 5.69 Å². The third-order valence-corrected chi connectivity index (χ3v) is 3.34. The molecule has 0 spiro atoms. The van der Waals surface area contributed by atoms with Crippen LogP contribution in [0.25, 0.3) is 0 Å². The standard InChI is InChI=1S/C12H10N4O2S/c1-8-6-15-12(19-8)7-14-10-2-3-11(16(17)18)9(4-10)5-13/h2-4,6,14H,7H2,1H3. The Kier molecular flexibility index (Phi) is 3.73. The van der Waals surface area contributed by atoms with Gasteiger partial charge in [-0.2, -0.15) is 5.26 Å². The van der Waals surface area contributed by atoms with Crippen LogP contribution < -0.4 is 5.32 Å². The van der Waals surface area contributed by atoms with E-state index in [1.54, 1.807) is 23.6 Å². The van der Waals surface area contributed by atoms with Crippen LogP contribution in [0.15, 0.2) is 24.4 Å². The van der Waals surface area contributed by atoms with E-state index in [1.165, 1.54) is 12.1 Å². The van der Waals surface area contributed by atoms with Crippen molar-refractivity contribution in [3.63, 3.8) is 0 Å². The molecule has 7 heteroatoms. The number of nitro groups is 1. The summed E-state index contributed by atoms with van der Waals surface area (Å²) in [6, 6.07) is 6.21. The topological polar surface area (TPSA) is 91.8 Å². The molecular weight excluding hydrogens is 264 g/mol. The molecular formula is C12H10N4O2S. The molecule has 0 unspecified atom stereocenters. The number of nitrogens with zero attached hydrogens (tertiary/aromatic N) is 3. The summed E-state index contributed by atoms with van der Waals surface area (Å²) in [4.78, 5) is 15.5. The van der Waals surface area contributed by atoms with Crippen molar-refractivity contribution in [1.29, 1.82) is 5.26 Å². The molecule has 0 amide bonds. The first-order chi connectivity index (χ1) is 9.10. The molecule has 0 saturated carbocycles. The molecule has 0 bridgehead atoms. The van der Waals surface area contributed by atoms with E-state index in [1.807, 2.05) is 13.0 Å². The lowest BCUT2D eigenvalue weighted by Crippen LogP contribution is -2.00. The molecule has 0 aliphatic rings. The highest BCUT2D eigenvalue weighted by atomic mass is 32.1. The summed E-state index contributed by atoms with van der Waals surface area (Å²) in [5.74, 6) is 0. The molecule has 2 aromatic rings. The van der Waals surface area contributed by atoms with Crippen LogP contribution in [0, 0.1) is 28.4 Å². The van der Waals surface area contributed by atoms with Crippen LogP contribution >= 0.6 is 11.3 Å². The Morgan fingerprint density at radius 3 is 2.95 bits per heavy atom. The number of rotatable bonds is 4. The van der Waals surface area contributed by atoms with Crippen LogP contribution in [0.2, 0.25) is 0 Å². The number of aryl methyl sites for hydroxylation is 1. The zero-order chi connectivity index (χ0) is 13.8. The molecule has 0 radical (unpaired) electrons. The molecule has 0 saturated heterocycles. The highest BCUT2D eigenvalue weighted by Gasteiger charge is 2.13. The number of aromatic nitrogens is 1. The number of anilines is 1. The van der Waals surface area contributed by atoms with Crippen LogP contribution in [0.4, 0.5) is 11.4 Å². The first kappa shape index (κ1) is 13.0. The number of thiazole rings is 1. The maximum atomic E-state index is 10.7. The van der Waals surface area contributed by atoms with Crippen molar-refractivity contribution >= 4 is 22.7 Å². The maximum Gasteiger partial charge on any atom is 0.287 e. The quantitative estimate of drug-likeness (QED) is 0.683. The van der Waals surface area contributed by atoms with E-state index in [2.05, 4.69) is 10.3 Å². The molecule has 6 nitrogen and oxygen atoms in total. The number of nitriles is 1. The normalized spacial score (nSPS) is 9.89. The summed E-state index contributed by atoms with van der Waals surface area (Å²) >= 11 is 1.58. The van der Waals surface area contributed by atoms with Gasteiger partial charge in [-0.05, 0) is 19.1 Å². The minimum Gasteiger partial charge on any atom is -0.378 e. The van der Waals surface area contributed by atoms with Gasteiger partial charge < -0.3 is 5.32 Å². The fourth-order valence-electron chi connectivity index (χ4n) is 1.56. The lowest BCUT2D eigenvalue weighted by molar-refractivity contribution is -0.385. The number of hydrogen-bond donors (Lipinski definition) is 1. The summed E-state index contributed by atoms with van der Waals surface area (Å²) in [5.41, 5.74) is 0.526. The molecule has 1 N–H and O–H groups in total. The third-order valence-electron chi connectivity index (χ3n) is 2.43. The molecule has 0 atom stereocenters. The molecule has 1 aromatic carbocycles. The fourth-order valence-corrected chi connectivity index (χ4v) is 2.28. The van der Waals surface area contributed by atoms with Gasteiger partial charge in [-0.15, -0.1) is 11.3 Å². The highest BCUT2D eigenvalue weighted by Crippen LogP contribution is 2.22. The summed E-state index contributed by atoms with van der Waals surface area (Å²) in [6.45, 7) is 2.50. The van der Waals surface area contributed by atoms with E-state index in [0.29, 0.717) is 12.2 Å². The fraction of sp³-hybridized carbons (Fsp3) is 0.167. The van der Waals surface area contributed by atoms with Crippen molar-refractivity contribution < 1.29 is 4.92 Å². The van der Waals surface area contributed by atoms with Crippen molar-refractivity contribution in [1.82, 2.24) is 4.98 Å². The smallest absolute Gasteiger partial charge is 0.287 e. The van der Waals surface area contributed by atoms with Gasteiger partial charge in [0.15, 0.2) is 0 Å². The van der Waals surface area contributed by atoms with Crippen molar-refractivity contribution in [2.75, 3.05) is 5.32 Å². The van der Waals surface area contributed by atoms with Gasteiger partial charge in [0.05, 0.1) is 11.5 Å². The Hall–Kier alpha value is -2.46. The molecule has 1 heterocycles. The number of benzene rings is 1. The van der Waals surface area contributed by atoms with Crippen LogP contribution in [0.3, 0.4) is 0 Å².